The molecule has 0 atom stereocenters. The Morgan fingerprint density at radius 2 is 2.17 bits per heavy atom. The number of hydrogen-bond acceptors (Lipinski definition) is 5. The molecule has 0 heterocycles. The fourth-order valence-corrected chi connectivity index (χ4v) is 3.31. The molecule has 1 amide bonds. The summed E-state index contributed by atoms with van der Waals surface area (Å²) in [4.78, 5) is 15.7. The van der Waals surface area contributed by atoms with Crippen LogP contribution in [0.15, 0.2) is 17.1 Å². The van der Waals surface area contributed by atoms with Gasteiger partial charge in [-0.3, -0.25) is 4.79 Å². The number of rotatable bonds is 6. The third-order valence-corrected chi connectivity index (χ3v) is 4.82. The molecule has 6 nitrogen and oxygen atoms in total. The number of halogens is 2. The van der Waals surface area contributed by atoms with E-state index in [1.54, 1.807) is 13.8 Å². The van der Waals surface area contributed by atoms with E-state index >= 15 is 0 Å². The summed E-state index contributed by atoms with van der Waals surface area (Å²) in [5, 5.41) is 1.67. The smallest absolute Gasteiger partial charge is 0.268 e. The number of hydrogen-bond donors (Lipinski definition) is 1. The Balaban J connectivity index is 3.22. The highest BCUT2D eigenvalue weighted by atomic mass is 35.5. The molecule has 0 fully saturated rings. The lowest BCUT2D eigenvalue weighted by Crippen LogP contribution is -2.46. The summed E-state index contributed by atoms with van der Waals surface area (Å²) in [7, 11) is -4.21. The Morgan fingerprint density at radius 3 is 2.67 bits per heavy atom. The van der Waals surface area contributed by atoms with E-state index in [1.165, 1.54) is 0 Å². The molecule has 0 bridgehead atoms. The van der Waals surface area contributed by atoms with Gasteiger partial charge in [0.1, 0.15) is 5.69 Å². The number of amides is 1. The lowest BCUT2D eigenvalue weighted by Gasteiger charge is -2.23. The van der Waals surface area contributed by atoms with E-state index in [9.17, 15) is 17.6 Å². The molecular formula is C14H13ClFN3O3S2. The maximum absolute atomic E-state index is 13.6. The lowest BCUT2D eigenvalue weighted by atomic mass is 10.2. The number of terminal acetylenes is 1. The summed E-state index contributed by atoms with van der Waals surface area (Å²) in [6, 6.07) is 1.32. The quantitative estimate of drug-likeness (QED) is 0.460. The lowest BCUT2D eigenvalue weighted by molar-refractivity contribution is 0.0979. The molecule has 0 aliphatic rings. The minimum Gasteiger partial charge on any atom is -0.268 e. The van der Waals surface area contributed by atoms with Gasteiger partial charge in [0, 0.05) is 6.04 Å². The molecule has 128 valence electrons. The van der Waals surface area contributed by atoms with Crippen LogP contribution in [0, 0.1) is 18.2 Å². The average molecular weight is 390 g/mol. The van der Waals surface area contributed by atoms with Crippen molar-refractivity contribution in [2.45, 2.75) is 19.9 Å². The van der Waals surface area contributed by atoms with Crippen LogP contribution in [0.3, 0.4) is 0 Å². The minimum absolute atomic E-state index is 0.224. The Morgan fingerprint density at radius 1 is 1.54 bits per heavy atom. The standard InChI is InChI=1S/C14H13ClFN3O3S2/c1-4-5-19(9(2)3)24(21,22)18-14(20)10-6-13(17-8-23)12(16)7-11(10)15/h1,6-7,9H,5H2,2-3H3,(H,18,20). The van der Waals surface area contributed by atoms with Crippen molar-refractivity contribution in [2.75, 3.05) is 6.54 Å². The van der Waals surface area contributed by atoms with E-state index in [1.807, 2.05) is 9.88 Å². The van der Waals surface area contributed by atoms with Gasteiger partial charge < -0.3 is 0 Å². The third-order valence-electron chi connectivity index (χ3n) is 2.80. The van der Waals surface area contributed by atoms with Crippen molar-refractivity contribution in [2.24, 2.45) is 4.99 Å². The van der Waals surface area contributed by atoms with Crippen molar-refractivity contribution in [1.29, 1.82) is 0 Å². The zero-order chi connectivity index (χ0) is 18.5. The number of isothiocyanates is 1. The van der Waals surface area contributed by atoms with E-state index in [4.69, 9.17) is 18.0 Å². The van der Waals surface area contributed by atoms with Crippen molar-refractivity contribution >= 4 is 50.8 Å². The maximum atomic E-state index is 13.6. The molecule has 0 unspecified atom stereocenters. The van der Waals surface area contributed by atoms with Crippen molar-refractivity contribution < 1.29 is 17.6 Å². The number of thiocarbonyl (C=S) groups is 1. The minimum atomic E-state index is -4.21. The highest BCUT2D eigenvalue weighted by molar-refractivity contribution is 7.87. The first kappa shape index (κ1) is 20.2. The van der Waals surface area contributed by atoms with Gasteiger partial charge in [0.2, 0.25) is 0 Å². The van der Waals surface area contributed by atoms with E-state index in [2.05, 4.69) is 23.1 Å². The fraction of sp³-hybridized carbons (Fsp3) is 0.286. The predicted octanol–water partition coefficient (Wildman–Crippen LogP) is 2.53. The molecule has 1 N–H and O–H groups in total. The van der Waals surface area contributed by atoms with Crippen molar-refractivity contribution in [3.63, 3.8) is 0 Å². The highest BCUT2D eigenvalue weighted by Gasteiger charge is 2.27. The van der Waals surface area contributed by atoms with Gasteiger partial charge in [-0.15, -0.1) is 6.42 Å². The Hall–Kier alpha value is -1.82. The van der Waals surface area contributed by atoms with E-state index < -0.39 is 28.0 Å². The van der Waals surface area contributed by atoms with E-state index in [-0.39, 0.29) is 22.8 Å². The van der Waals surface area contributed by atoms with E-state index in [0.29, 0.717) is 0 Å². The van der Waals surface area contributed by atoms with Gasteiger partial charge in [0.15, 0.2) is 5.82 Å². The van der Waals surface area contributed by atoms with Crippen LogP contribution in [-0.4, -0.2) is 36.4 Å². The molecule has 0 aliphatic heterocycles. The second-order valence-electron chi connectivity index (χ2n) is 4.77. The summed E-state index contributed by atoms with van der Waals surface area (Å²) in [5.41, 5.74) is -0.573. The SMILES string of the molecule is C#CCN(C(C)C)S(=O)(=O)NC(=O)c1cc(N=C=S)c(F)cc1Cl. The van der Waals surface area contributed by atoms with Gasteiger partial charge in [-0.2, -0.15) is 17.7 Å². The highest BCUT2D eigenvalue weighted by Crippen LogP contribution is 2.26. The monoisotopic (exact) mass is 389 g/mol. The molecule has 1 aromatic carbocycles. The molecule has 0 spiro atoms. The molecule has 1 aromatic rings. The predicted molar refractivity (Wildman–Crippen MR) is 93.2 cm³/mol. The summed E-state index contributed by atoms with van der Waals surface area (Å²) in [6.45, 7) is 2.97. The molecule has 1 rings (SSSR count). The van der Waals surface area contributed by atoms with Gasteiger partial charge >= 0.3 is 10.2 Å². The fourth-order valence-electron chi connectivity index (χ4n) is 1.71. The summed E-state index contributed by atoms with van der Waals surface area (Å²) < 4.78 is 40.9. The first-order valence-corrected chi connectivity index (χ1v) is 8.71. The normalized spacial score (nSPS) is 11.0. The van der Waals surface area contributed by atoms with Gasteiger partial charge in [0.05, 0.1) is 22.3 Å². The maximum Gasteiger partial charge on any atom is 0.305 e. The van der Waals surface area contributed by atoms with Crippen LogP contribution in [0.5, 0.6) is 0 Å². The Kier molecular flexibility index (Phi) is 7.02. The molecule has 0 aliphatic carbocycles. The van der Waals surface area contributed by atoms with Crippen LogP contribution in [0.2, 0.25) is 5.02 Å². The number of aliphatic imine (C=N–C) groups is 1. The molecule has 24 heavy (non-hydrogen) atoms. The number of nitrogens with zero attached hydrogens (tertiary/aromatic N) is 2. The zero-order valence-corrected chi connectivity index (χ0v) is 15.1. The zero-order valence-electron chi connectivity index (χ0n) is 12.7. The first-order chi connectivity index (χ1) is 11.1. The summed E-state index contributed by atoms with van der Waals surface area (Å²) >= 11 is 10.2. The second-order valence-corrected chi connectivity index (χ2v) is 6.98. The van der Waals surface area contributed by atoms with Crippen molar-refractivity contribution in [3.05, 3.63) is 28.5 Å². The van der Waals surface area contributed by atoms with Crippen LogP contribution in [-0.2, 0) is 10.2 Å². The molecule has 0 saturated heterocycles. The molecule has 0 aromatic heterocycles. The van der Waals surface area contributed by atoms with Crippen molar-refractivity contribution in [3.8, 4) is 12.3 Å². The van der Waals surface area contributed by atoms with Crippen LogP contribution in [0.1, 0.15) is 24.2 Å². The second kappa shape index (κ2) is 8.33. The number of benzene rings is 1. The molecule has 0 saturated carbocycles. The number of nitrogens with one attached hydrogen (secondary N) is 1. The van der Waals surface area contributed by atoms with Gasteiger partial charge in [-0.05, 0) is 38.2 Å². The molecule has 0 radical (unpaired) electrons. The van der Waals surface area contributed by atoms with Crippen LogP contribution < -0.4 is 4.72 Å². The van der Waals surface area contributed by atoms with Crippen LogP contribution >= 0.6 is 23.8 Å². The number of carbonyl (C=O) groups excluding carboxylic acids is 1. The molecule has 10 heteroatoms. The Labute approximate surface area is 149 Å². The van der Waals surface area contributed by atoms with Gasteiger partial charge in [0.25, 0.3) is 5.91 Å². The van der Waals surface area contributed by atoms with Crippen molar-refractivity contribution in [1.82, 2.24) is 9.03 Å². The van der Waals surface area contributed by atoms with Gasteiger partial charge in [-0.1, -0.05) is 17.5 Å². The third kappa shape index (κ3) is 4.84. The molecular weight excluding hydrogens is 377 g/mol. The van der Waals surface area contributed by atoms with Gasteiger partial charge in [-0.25, -0.2) is 9.11 Å². The van der Waals surface area contributed by atoms with Crippen LogP contribution in [0.25, 0.3) is 0 Å². The summed E-state index contributed by atoms with van der Waals surface area (Å²) in [6.07, 6.45) is 5.14. The largest absolute Gasteiger partial charge is 0.305 e. The average Bonchev–Trinajstić information content (AvgIpc) is 2.46. The first-order valence-electron chi connectivity index (χ1n) is 6.48. The Bertz CT molecular complexity index is 844. The topological polar surface area (TPSA) is 78.8 Å². The summed E-state index contributed by atoms with van der Waals surface area (Å²) in [5.74, 6) is 0.320. The van der Waals surface area contributed by atoms with E-state index in [0.717, 1.165) is 16.4 Å². The number of carbonyl (C=O) groups is 1. The van der Waals surface area contributed by atoms with Crippen LogP contribution in [0.4, 0.5) is 10.1 Å².